The Labute approximate surface area is 146 Å². The molecule has 0 atom stereocenters. The highest BCUT2D eigenvalue weighted by atomic mass is 19.1. The lowest BCUT2D eigenvalue weighted by Gasteiger charge is -2.11. The van der Waals surface area contributed by atoms with E-state index < -0.39 is 0 Å². The summed E-state index contributed by atoms with van der Waals surface area (Å²) in [5.74, 6) is 0.00529. The molecule has 3 nitrogen and oxygen atoms in total. The summed E-state index contributed by atoms with van der Waals surface area (Å²) in [4.78, 5) is 12.4. The second-order valence-electron chi connectivity index (χ2n) is 5.56. The number of hydrogen-bond donors (Lipinski definition) is 1. The predicted octanol–water partition coefficient (Wildman–Crippen LogP) is 4.43. The summed E-state index contributed by atoms with van der Waals surface area (Å²) in [5.41, 5.74) is 2.84. The Balaban J connectivity index is 1.78. The fraction of sp³-hybridized carbons (Fsp3) is 0.0952. The molecule has 0 aliphatic carbocycles. The molecule has 0 spiro atoms. The number of carbonyl (C=O) groups excluding carboxylic acids is 1. The van der Waals surface area contributed by atoms with E-state index in [-0.39, 0.29) is 18.3 Å². The van der Waals surface area contributed by atoms with Gasteiger partial charge in [0.25, 0.3) is 5.91 Å². The number of amides is 1. The fourth-order valence-corrected chi connectivity index (χ4v) is 2.61. The van der Waals surface area contributed by atoms with Gasteiger partial charge in [0.05, 0.1) is 7.11 Å². The van der Waals surface area contributed by atoms with Crippen molar-refractivity contribution in [2.45, 2.75) is 6.54 Å². The predicted molar refractivity (Wildman–Crippen MR) is 96.0 cm³/mol. The molecule has 3 rings (SSSR count). The van der Waals surface area contributed by atoms with Crippen molar-refractivity contribution >= 4 is 5.91 Å². The maximum Gasteiger partial charge on any atom is 0.251 e. The Hall–Kier alpha value is -3.14. The van der Waals surface area contributed by atoms with Gasteiger partial charge >= 0.3 is 0 Å². The standard InChI is InChI=1S/C21H18FNO2/c1-25-20-13-16(11-12-18(20)15-7-3-2-4-8-15)21(24)23-14-17-9-5-6-10-19(17)22/h2-13H,14H2,1H3,(H,23,24). The van der Waals surface area contributed by atoms with E-state index in [1.807, 2.05) is 36.4 Å². The summed E-state index contributed by atoms with van der Waals surface area (Å²) < 4.78 is 19.1. The molecule has 0 aliphatic heterocycles. The van der Waals surface area contributed by atoms with Crippen LogP contribution >= 0.6 is 0 Å². The number of ether oxygens (including phenoxy) is 1. The second-order valence-corrected chi connectivity index (χ2v) is 5.56. The molecule has 1 amide bonds. The lowest BCUT2D eigenvalue weighted by molar-refractivity contribution is 0.0950. The maximum absolute atomic E-state index is 13.6. The van der Waals surface area contributed by atoms with Gasteiger partial charge in [0, 0.05) is 23.2 Å². The molecular formula is C21H18FNO2. The van der Waals surface area contributed by atoms with E-state index in [0.29, 0.717) is 16.9 Å². The minimum absolute atomic E-state index is 0.133. The first-order valence-electron chi connectivity index (χ1n) is 7.94. The zero-order valence-electron chi connectivity index (χ0n) is 13.8. The van der Waals surface area contributed by atoms with Crippen molar-refractivity contribution in [2.75, 3.05) is 7.11 Å². The monoisotopic (exact) mass is 335 g/mol. The molecule has 0 heterocycles. The molecule has 0 saturated carbocycles. The smallest absolute Gasteiger partial charge is 0.251 e. The highest BCUT2D eigenvalue weighted by Crippen LogP contribution is 2.30. The van der Waals surface area contributed by atoms with Crippen LogP contribution in [0.4, 0.5) is 4.39 Å². The summed E-state index contributed by atoms with van der Waals surface area (Å²) in [7, 11) is 1.57. The first-order chi connectivity index (χ1) is 12.2. The molecule has 0 unspecified atom stereocenters. The van der Waals surface area contributed by atoms with Crippen LogP contribution < -0.4 is 10.1 Å². The minimum Gasteiger partial charge on any atom is -0.496 e. The van der Waals surface area contributed by atoms with Gasteiger partial charge in [0.2, 0.25) is 0 Å². The molecule has 0 radical (unpaired) electrons. The van der Waals surface area contributed by atoms with Crippen molar-refractivity contribution in [3.8, 4) is 16.9 Å². The summed E-state index contributed by atoms with van der Waals surface area (Å²) in [6, 6.07) is 21.5. The molecular weight excluding hydrogens is 317 g/mol. The summed E-state index contributed by atoms with van der Waals surface area (Å²) in [5, 5.41) is 2.73. The van der Waals surface area contributed by atoms with E-state index in [1.165, 1.54) is 6.07 Å². The third-order valence-electron chi connectivity index (χ3n) is 3.95. The van der Waals surface area contributed by atoms with Crippen molar-refractivity contribution in [3.63, 3.8) is 0 Å². The van der Waals surface area contributed by atoms with Gasteiger partial charge < -0.3 is 10.1 Å². The van der Waals surface area contributed by atoms with Crippen LogP contribution in [-0.4, -0.2) is 13.0 Å². The molecule has 0 saturated heterocycles. The number of benzene rings is 3. The average molecular weight is 335 g/mol. The number of carbonyl (C=O) groups is 1. The van der Waals surface area contributed by atoms with Crippen molar-refractivity contribution in [2.24, 2.45) is 0 Å². The molecule has 4 heteroatoms. The van der Waals surface area contributed by atoms with Crippen molar-refractivity contribution < 1.29 is 13.9 Å². The van der Waals surface area contributed by atoms with E-state index in [1.54, 1.807) is 37.4 Å². The van der Waals surface area contributed by atoms with Gasteiger partial charge in [-0.1, -0.05) is 48.5 Å². The van der Waals surface area contributed by atoms with Crippen molar-refractivity contribution in [1.82, 2.24) is 5.32 Å². The molecule has 0 bridgehead atoms. The Kier molecular flexibility index (Phi) is 5.09. The number of methoxy groups -OCH3 is 1. The first-order valence-corrected chi connectivity index (χ1v) is 7.94. The second kappa shape index (κ2) is 7.62. The highest BCUT2D eigenvalue weighted by molar-refractivity contribution is 5.95. The maximum atomic E-state index is 13.6. The third-order valence-corrected chi connectivity index (χ3v) is 3.95. The van der Waals surface area contributed by atoms with E-state index in [2.05, 4.69) is 5.32 Å². The number of rotatable bonds is 5. The van der Waals surface area contributed by atoms with Crippen molar-refractivity contribution in [1.29, 1.82) is 0 Å². The molecule has 126 valence electrons. The fourth-order valence-electron chi connectivity index (χ4n) is 2.61. The zero-order valence-corrected chi connectivity index (χ0v) is 13.8. The average Bonchev–Trinajstić information content (AvgIpc) is 2.67. The van der Waals surface area contributed by atoms with Gasteiger partial charge in [0.1, 0.15) is 11.6 Å². The van der Waals surface area contributed by atoms with E-state index in [4.69, 9.17) is 4.74 Å². The molecule has 25 heavy (non-hydrogen) atoms. The number of hydrogen-bond acceptors (Lipinski definition) is 2. The highest BCUT2D eigenvalue weighted by Gasteiger charge is 2.12. The summed E-state index contributed by atoms with van der Waals surface area (Å²) >= 11 is 0. The topological polar surface area (TPSA) is 38.3 Å². The van der Waals surface area contributed by atoms with Crippen LogP contribution in [0.1, 0.15) is 15.9 Å². The van der Waals surface area contributed by atoms with Gasteiger partial charge in [0.15, 0.2) is 0 Å². The van der Waals surface area contributed by atoms with Crippen LogP contribution in [0.25, 0.3) is 11.1 Å². The lowest BCUT2D eigenvalue weighted by Crippen LogP contribution is -2.23. The van der Waals surface area contributed by atoms with Crippen LogP contribution in [0.5, 0.6) is 5.75 Å². The minimum atomic E-state index is -0.334. The Morgan fingerprint density at radius 3 is 2.44 bits per heavy atom. The number of halogens is 1. The van der Waals surface area contributed by atoms with Gasteiger partial charge in [-0.05, 0) is 29.8 Å². The molecule has 0 fully saturated rings. The Bertz CT molecular complexity index is 878. The molecule has 3 aromatic carbocycles. The zero-order chi connectivity index (χ0) is 17.6. The quantitative estimate of drug-likeness (QED) is 0.749. The summed E-state index contributed by atoms with van der Waals surface area (Å²) in [6.07, 6.45) is 0. The lowest BCUT2D eigenvalue weighted by atomic mass is 10.0. The van der Waals surface area contributed by atoms with Crippen molar-refractivity contribution in [3.05, 3.63) is 89.7 Å². The van der Waals surface area contributed by atoms with Crippen LogP contribution in [0, 0.1) is 5.82 Å². The third kappa shape index (κ3) is 3.86. The Morgan fingerprint density at radius 2 is 1.72 bits per heavy atom. The SMILES string of the molecule is COc1cc(C(=O)NCc2ccccc2F)ccc1-c1ccccc1. The molecule has 1 N–H and O–H groups in total. The first kappa shape index (κ1) is 16.7. The van der Waals surface area contributed by atoms with E-state index in [0.717, 1.165) is 11.1 Å². The van der Waals surface area contributed by atoms with Crippen LogP contribution in [-0.2, 0) is 6.54 Å². The number of nitrogens with one attached hydrogen (secondary N) is 1. The largest absolute Gasteiger partial charge is 0.496 e. The molecule has 0 aromatic heterocycles. The normalized spacial score (nSPS) is 10.3. The van der Waals surface area contributed by atoms with Gasteiger partial charge in [-0.2, -0.15) is 0 Å². The van der Waals surface area contributed by atoms with Gasteiger partial charge in [-0.3, -0.25) is 4.79 Å². The Morgan fingerprint density at radius 1 is 1.00 bits per heavy atom. The van der Waals surface area contributed by atoms with E-state index in [9.17, 15) is 9.18 Å². The van der Waals surface area contributed by atoms with Crippen LogP contribution in [0.15, 0.2) is 72.8 Å². The molecule has 3 aromatic rings. The molecule has 0 aliphatic rings. The van der Waals surface area contributed by atoms with Gasteiger partial charge in [-0.25, -0.2) is 4.39 Å². The van der Waals surface area contributed by atoms with Crippen LogP contribution in [0.2, 0.25) is 0 Å². The van der Waals surface area contributed by atoms with Crippen LogP contribution in [0.3, 0.4) is 0 Å². The summed E-state index contributed by atoms with van der Waals surface area (Å²) in [6.45, 7) is 0.133. The van der Waals surface area contributed by atoms with Gasteiger partial charge in [-0.15, -0.1) is 0 Å². The van der Waals surface area contributed by atoms with E-state index >= 15 is 0 Å².